The van der Waals surface area contributed by atoms with E-state index < -0.39 is 11.7 Å². The summed E-state index contributed by atoms with van der Waals surface area (Å²) in [6.45, 7) is 0. The van der Waals surface area contributed by atoms with E-state index in [-0.39, 0.29) is 0 Å². The zero-order chi connectivity index (χ0) is 18.6. The van der Waals surface area contributed by atoms with Gasteiger partial charge in [0.25, 0.3) is 0 Å². The van der Waals surface area contributed by atoms with E-state index in [9.17, 15) is 13.2 Å². The van der Waals surface area contributed by atoms with Gasteiger partial charge in [-0.15, -0.1) is 0 Å². The maximum atomic E-state index is 12.7. The highest BCUT2D eigenvalue weighted by molar-refractivity contribution is 5.81. The van der Waals surface area contributed by atoms with Gasteiger partial charge < -0.3 is 5.32 Å². The SMILES string of the molecule is N#CNc1ccc(-c2ccccc2Nc2ccc(C(F)(F)F)cc2)cc1. The second kappa shape index (κ2) is 7.19. The highest BCUT2D eigenvalue weighted by Gasteiger charge is 2.29. The van der Waals surface area contributed by atoms with Crippen LogP contribution in [0.1, 0.15) is 5.56 Å². The van der Waals surface area contributed by atoms with Crippen molar-refractivity contribution >= 4 is 17.1 Å². The molecule has 3 aromatic carbocycles. The minimum absolute atomic E-state index is 0.563. The first-order valence-electron chi connectivity index (χ1n) is 7.76. The van der Waals surface area contributed by atoms with Crippen molar-refractivity contribution in [3.63, 3.8) is 0 Å². The van der Waals surface area contributed by atoms with Gasteiger partial charge in [-0.2, -0.15) is 18.4 Å². The van der Waals surface area contributed by atoms with Gasteiger partial charge in [0.1, 0.15) is 0 Å². The normalized spacial score (nSPS) is 10.8. The van der Waals surface area contributed by atoms with E-state index in [1.54, 1.807) is 12.1 Å². The van der Waals surface area contributed by atoms with Crippen LogP contribution in [-0.4, -0.2) is 0 Å². The minimum atomic E-state index is -4.35. The molecule has 0 atom stereocenters. The van der Waals surface area contributed by atoms with Crippen molar-refractivity contribution in [2.24, 2.45) is 0 Å². The molecule has 0 aliphatic rings. The van der Waals surface area contributed by atoms with Gasteiger partial charge in [-0.05, 0) is 48.0 Å². The Labute approximate surface area is 148 Å². The molecular formula is C20H14F3N3. The standard InChI is InChI=1S/C20H14F3N3/c21-20(22,23)15-7-11-17(12-8-15)26-19-4-2-1-3-18(19)14-5-9-16(10-6-14)25-13-24/h1-12,25-26H. The topological polar surface area (TPSA) is 47.9 Å². The number of alkyl halides is 3. The van der Waals surface area contributed by atoms with Gasteiger partial charge in [0, 0.05) is 22.6 Å². The van der Waals surface area contributed by atoms with Crippen molar-refractivity contribution in [2.45, 2.75) is 6.18 Å². The highest BCUT2D eigenvalue weighted by atomic mass is 19.4. The number of hydrogen-bond donors (Lipinski definition) is 2. The van der Waals surface area contributed by atoms with Crippen LogP contribution in [-0.2, 0) is 6.18 Å². The first-order chi connectivity index (χ1) is 12.5. The van der Waals surface area contributed by atoms with E-state index in [1.165, 1.54) is 12.1 Å². The van der Waals surface area contributed by atoms with Crippen LogP contribution in [0.5, 0.6) is 0 Å². The zero-order valence-corrected chi connectivity index (χ0v) is 13.5. The summed E-state index contributed by atoms with van der Waals surface area (Å²) in [4.78, 5) is 0. The summed E-state index contributed by atoms with van der Waals surface area (Å²) in [5.74, 6) is 0. The number of nitrogens with one attached hydrogen (secondary N) is 2. The summed E-state index contributed by atoms with van der Waals surface area (Å²) in [5, 5.41) is 14.4. The Morgan fingerprint density at radius 2 is 1.38 bits per heavy atom. The molecule has 0 heterocycles. The third kappa shape index (κ3) is 3.95. The number of para-hydroxylation sites is 1. The molecule has 3 rings (SSSR count). The van der Waals surface area contributed by atoms with Crippen LogP contribution in [0.4, 0.5) is 30.2 Å². The van der Waals surface area contributed by atoms with E-state index in [4.69, 9.17) is 5.26 Å². The molecule has 0 spiro atoms. The molecule has 0 aromatic heterocycles. The average Bonchev–Trinajstić information content (AvgIpc) is 2.63. The minimum Gasteiger partial charge on any atom is -0.355 e. The second-order valence-electron chi connectivity index (χ2n) is 5.56. The van der Waals surface area contributed by atoms with Crippen LogP contribution in [0, 0.1) is 11.5 Å². The fourth-order valence-corrected chi connectivity index (χ4v) is 2.54. The van der Waals surface area contributed by atoms with Gasteiger partial charge in [-0.3, -0.25) is 5.32 Å². The molecule has 3 nitrogen and oxygen atoms in total. The lowest BCUT2D eigenvalue weighted by Crippen LogP contribution is -2.04. The zero-order valence-electron chi connectivity index (χ0n) is 13.5. The number of nitriles is 1. The molecule has 0 saturated carbocycles. The van der Waals surface area contributed by atoms with E-state index in [0.29, 0.717) is 11.4 Å². The van der Waals surface area contributed by atoms with Crippen LogP contribution >= 0.6 is 0 Å². The highest BCUT2D eigenvalue weighted by Crippen LogP contribution is 2.33. The van der Waals surface area contributed by atoms with E-state index in [1.807, 2.05) is 42.6 Å². The maximum Gasteiger partial charge on any atom is 0.416 e. The predicted molar refractivity (Wildman–Crippen MR) is 95.8 cm³/mol. The van der Waals surface area contributed by atoms with Gasteiger partial charge in [0.2, 0.25) is 0 Å². The summed E-state index contributed by atoms with van der Waals surface area (Å²) >= 11 is 0. The van der Waals surface area contributed by atoms with Crippen molar-refractivity contribution in [1.29, 1.82) is 5.26 Å². The predicted octanol–water partition coefficient (Wildman–Crippen LogP) is 6.01. The van der Waals surface area contributed by atoms with Crippen molar-refractivity contribution in [2.75, 3.05) is 10.6 Å². The lowest BCUT2D eigenvalue weighted by Gasteiger charge is -2.13. The van der Waals surface area contributed by atoms with E-state index in [0.717, 1.165) is 28.9 Å². The molecule has 0 bridgehead atoms. The van der Waals surface area contributed by atoms with E-state index >= 15 is 0 Å². The molecular weight excluding hydrogens is 339 g/mol. The quantitative estimate of drug-likeness (QED) is 0.446. The molecule has 2 N–H and O–H groups in total. The first-order valence-corrected chi connectivity index (χ1v) is 7.76. The number of anilines is 3. The molecule has 6 heteroatoms. The Kier molecular flexibility index (Phi) is 4.81. The fraction of sp³-hybridized carbons (Fsp3) is 0.0500. The molecule has 0 unspecified atom stereocenters. The number of rotatable bonds is 4. The van der Waals surface area contributed by atoms with Gasteiger partial charge in [-0.25, -0.2) is 0 Å². The molecule has 3 aromatic rings. The monoisotopic (exact) mass is 353 g/mol. The summed E-state index contributed by atoms with van der Waals surface area (Å²) in [5.41, 5.74) is 3.15. The number of halogens is 3. The Morgan fingerprint density at radius 1 is 0.769 bits per heavy atom. The van der Waals surface area contributed by atoms with Crippen LogP contribution in [0.15, 0.2) is 72.8 Å². The molecule has 0 aliphatic heterocycles. The molecule has 0 amide bonds. The Balaban J connectivity index is 1.87. The molecule has 0 saturated heterocycles. The summed E-state index contributed by atoms with van der Waals surface area (Å²) < 4.78 is 38.0. The fourth-order valence-electron chi connectivity index (χ4n) is 2.54. The lowest BCUT2D eigenvalue weighted by atomic mass is 10.0. The number of nitrogens with zero attached hydrogens (tertiary/aromatic N) is 1. The van der Waals surface area contributed by atoms with Gasteiger partial charge in [0.15, 0.2) is 6.19 Å². The van der Waals surface area contributed by atoms with Crippen molar-refractivity contribution in [1.82, 2.24) is 0 Å². The molecule has 0 fully saturated rings. The molecule has 0 radical (unpaired) electrons. The van der Waals surface area contributed by atoms with Crippen LogP contribution in [0.25, 0.3) is 11.1 Å². The molecule has 130 valence electrons. The van der Waals surface area contributed by atoms with Crippen molar-refractivity contribution in [3.8, 4) is 17.3 Å². The molecule has 0 aliphatic carbocycles. The maximum absolute atomic E-state index is 12.7. The van der Waals surface area contributed by atoms with E-state index in [2.05, 4.69) is 10.6 Å². The largest absolute Gasteiger partial charge is 0.416 e. The van der Waals surface area contributed by atoms with Crippen LogP contribution in [0.3, 0.4) is 0 Å². The Bertz CT molecular complexity index is 924. The van der Waals surface area contributed by atoms with Crippen molar-refractivity contribution in [3.05, 3.63) is 78.4 Å². The summed E-state index contributed by atoms with van der Waals surface area (Å²) in [7, 11) is 0. The number of hydrogen-bond acceptors (Lipinski definition) is 3. The number of benzene rings is 3. The summed E-state index contributed by atoms with van der Waals surface area (Å²) in [6, 6.07) is 19.7. The second-order valence-corrected chi connectivity index (χ2v) is 5.56. The Hall–Kier alpha value is -3.46. The third-order valence-electron chi connectivity index (χ3n) is 3.81. The third-order valence-corrected chi connectivity index (χ3v) is 3.81. The first kappa shape index (κ1) is 17.4. The molecule has 26 heavy (non-hydrogen) atoms. The summed E-state index contributed by atoms with van der Waals surface area (Å²) in [6.07, 6.45) is -2.49. The van der Waals surface area contributed by atoms with Crippen molar-refractivity contribution < 1.29 is 13.2 Å². The van der Waals surface area contributed by atoms with Gasteiger partial charge in [-0.1, -0.05) is 30.3 Å². The smallest absolute Gasteiger partial charge is 0.355 e. The Morgan fingerprint density at radius 3 is 2.00 bits per heavy atom. The van der Waals surface area contributed by atoms with Crippen LogP contribution < -0.4 is 10.6 Å². The van der Waals surface area contributed by atoms with Gasteiger partial charge in [0.05, 0.1) is 5.56 Å². The van der Waals surface area contributed by atoms with Crippen LogP contribution in [0.2, 0.25) is 0 Å². The lowest BCUT2D eigenvalue weighted by molar-refractivity contribution is -0.137. The average molecular weight is 353 g/mol. The van der Waals surface area contributed by atoms with Gasteiger partial charge >= 0.3 is 6.18 Å².